The molecular weight excluding hydrogens is 455 g/mol. The Kier molecular flexibility index (Phi) is 5.85. The van der Waals surface area contributed by atoms with E-state index in [1.54, 1.807) is 4.67 Å². The fraction of sp³-hybridized carbons (Fsp3) is 0.381. The summed E-state index contributed by atoms with van der Waals surface area (Å²) in [7, 11) is -2.14. The fourth-order valence-corrected chi connectivity index (χ4v) is 7.30. The minimum atomic E-state index is -3.51. The van der Waals surface area contributed by atoms with Crippen molar-refractivity contribution in [2.75, 3.05) is 13.7 Å². The lowest BCUT2D eigenvalue weighted by atomic mass is 10.1. The smallest absolute Gasteiger partial charge is 0.397 e. The Morgan fingerprint density at radius 2 is 2.03 bits per heavy atom. The highest BCUT2D eigenvalue weighted by molar-refractivity contribution is 9.10. The summed E-state index contributed by atoms with van der Waals surface area (Å²) in [6.45, 7) is 3.02. The fourth-order valence-electron chi connectivity index (χ4n) is 4.09. The van der Waals surface area contributed by atoms with Crippen LogP contribution in [0.15, 0.2) is 53.0 Å². The van der Waals surface area contributed by atoms with Crippen molar-refractivity contribution >= 4 is 29.6 Å². The molecule has 0 aromatic heterocycles. The Morgan fingerprint density at radius 1 is 1.28 bits per heavy atom. The highest BCUT2D eigenvalue weighted by Crippen LogP contribution is 2.63. The van der Waals surface area contributed by atoms with Crippen LogP contribution < -0.4 is 4.52 Å². The molecule has 154 valence electrons. The van der Waals surface area contributed by atoms with Crippen LogP contribution in [0.4, 0.5) is 0 Å². The maximum Gasteiger partial charge on any atom is 0.397 e. The Balaban J connectivity index is 1.78. The number of fused-ring (bicyclic) bond motifs is 1. The van der Waals surface area contributed by atoms with Gasteiger partial charge < -0.3 is 9.26 Å². The number of halogens is 1. The largest absolute Gasteiger partial charge is 0.468 e. The number of esters is 1. The summed E-state index contributed by atoms with van der Waals surface area (Å²) in [5.74, 6) is 0.235. The normalized spacial score (nSPS) is 25.8. The van der Waals surface area contributed by atoms with Crippen LogP contribution in [0, 0.1) is 0 Å². The Labute approximate surface area is 179 Å². The van der Waals surface area contributed by atoms with E-state index in [-0.39, 0.29) is 12.0 Å². The van der Waals surface area contributed by atoms with Crippen LogP contribution in [0.5, 0.6) is 5.75 Å². The highest BCUT2D eigenvalue weighted by Gasteiger charge is 2.52. The molecule has 0 radical (unpaired) electrons. The lowest BCUT2D eigenvalue weighted by molar-refractivity contribution is -0.144. The van der Waals surface area contributed by atoms with Crippen LogP contribution in [0.2, 0.25) is 0 Å². The molecule has 3 atom stereocenters. The number of carbonyl (C=O) groups excluding carboxylic acids is 1. The van der Waals surface area contributed by atoms with E-state index in [0.717, 1.165) is 22.0 Å². The molecule has 0 N–H and O–H groups in total. The van der Waals surface area contributed by atoms with Gasteiger partial charge in [0, 0.05) is 29.2 Å². The number of hydrogen-bond acceptors (Lipinski definition) is 4. The standard InChI is InChI=1S/C21H24BrN2O4P/c1-15(16-7-4-3-5-8-16)24-14-17-13-18(22)10-11-20(17)28-29(24,26)23-12-6-9-19(23)21(25)27-2/h3-5,7-8,10-11,13,15,19H,6,9,12,14H2,1-2H3/t15?,19-,29?/m0/s1. The van der Waals surface area contributed by atoms with E-state index >= 15 is 0 Å². The summed E-state index contributed by atoms with van der Waals surface area (Å²) in [6, 6.07) is 14.9. The maximum atomic E-state index is 14.5. The van der Waals surface area contributed by atoms with E-state index in [1.807, 2.05) is 60.1 Å². The monoisotopic (exact) mass is 478 g/mol. The predicted octanol–water partition coefficient (Wildman–Crippen LogP) is 5.15. The van der Waals surface area contributed by atoms with Crippen molar-refractivity contribution in [1.82, 2.24) is 9.34 Å². The molecule has 2 aromatic rings. The van der Waals surface area contributed by atoms with E-state index in [1.165, 1.54) is 7.11 Å². The van der Waals surface area contributed by atoms with Crippen LogP contribution in [-0.4, -0.2) is 35.0 Å². The van der Waals surface area contributed by atoms with Crippen molar-refractivity contribution in [1.29, 1.82) is 0 Å². The minimum Gasteiger partial charge on any atom is -0.468 e. The summed E-state index contributed by atoms with van der Waals surface area (Å²) >= 11 is 3.51. The van der Waals surface area contributed by atoms with Crippen LogP contribution in [0.1, 0.15) is 36.9 Å². The van der Waals surface area contributed by atoms with E-state index < -0.39 is 13.7 Å². The zero-order valence-corrected chi connectivity index (χ0v) is 18.9. The molecule has 0 amide bonds. The first-order chi connectivity index (χ1) is 13.9. The minimum absolute atomic E-state index is 0.159. The van der Waals surface area contributed by atoms with Gasteiger partial charge in [-0.3, -0.25) is 4.79 Å². The van der Waals surface area contributed by atoms with Gasteiger partial charge >= 0.3 is 13.6 Å². The van der Waals surface area contributed by atoms with Crippen LogP contribution in [0.25, 0.3) is 0 Å². The zero-order valence-electron chi connectivity index (χ0n) is 16.5. The molecule has 0 aliphatic carbocycles. The molecule has 1 fully saturated rings. The van der Waals surface area contributed by atoms with Crippen molar-refractivity contribution in [3.63, 3.8) is 0 Å². The van der Waals surface area contributed by atoms with Crippen molar-refractivity contribution in [2.24, 2.45) is 0 Å². The third-order valence-corrected chi connectivity index (χ3v) is 8.84. The van der Waals surface area contributed by atoms with Crippen molar-refractivity contribution in [3.05, 3.63) is 64.1 Å². The summed E-state index contributed by atoms with van der Waals surface area (Å²) < 4.78 is 30.2. The maximum absolute atomic E-state index is 14.5. The average Bonchev–Trinajstić information content (AvgIpc) is 3.24. The molecule has 8 heteroatoms. The number of ether oxygens (including phenoxy) is 1. The predicted molar refractivity (Wildman–Crippen MR) is 115 cm³/mol. The van der Waals surface area contributed by atoms with Gasteiger partial charge in [-0.25, -0.2) is 4.57 Å². The van der Waals surface area contributed by atoms with Gasteiger partial charge in [0.05, 0.1) is 7.11 Å². The molecule has 2 heterocycles. The molecule has 29 heavy (non-hydrogen) atoms. The lowest BCUT2D eigenvalue weighted by Gasteiger charge is -2.44. The molecule has 2 unspecified atom stereocenters. The van der Waals surface area contributed by atoms with Crippen molar-refractivity contribution < 1.29 is 18.6 Å². The molecule has 2 aliphatic rings. The van der Waals surface area contributed by atoms with Gasteiger partial charge in [-0.15, -0.1) is 0 Å². The summed E-state index contributed by atoms with van der Waals surface area (Å²) in [4.78, 5) is 12.4. The molecule has 0 saturated carbocycles. The van der Waals surface area contributed by atoms with Crippen molar-refractivity contribution in [3.8, 4) is 5.75 Å². The molecule has 6 nitrogen and oxygen atoms in total. The Morgan fingerprint density at radius 3 is 2.76 bits per heavy atom. The van der Waals surface area contributed by atoms with Gasteiger partial charge in [-0.2, -0.15) is 9.34 Å². The molecule has 0 bridgehead atoms. The van der Waals surface area contributed by atoms with E-state index in [0.29, 0.717) is 25.3 Å². The van der Waals surface area contributed by atoms with Crippen LogP contribution in [-0.2, 0) is 20.6 Å². The Hall–Kier alpha value is -1.66. The summed E-state index contributed by atoms with van der Waals surface area (Å²) in [5.41, 5.74) is 2.01. The van der Waals surface area contributed by atoms with Gasteiger partial charge in [0.1, 0.15) is 11.8 Å². The number of carbonyl (C=O) groups is 1. The number of nitrogens with zero attached hydrogens (tertiary/aromatic N) is 2. The van der Waals surface area contributed by atoms with Gasteiger partial charge in [0.15, 0.2) is 0 Å². The lowest BCUT2D eigenvalue weighted by Crippen LogP contribution is -2.43. The third-order valence-electron chi connectivity index (χ3n) is 5.65. The molecule has 4 rings (SSSR count). The second kappa shape index (κ2) is 8.23. The van der Waals surface area contributed by atoms with Gasteiger partial charge in [-0.05, 0) is 43.5 Å². The van der Waals surface area contributed by atoms with E-state index in [2.05, 4.69) is 15.9 Å². The van der Waals surface area contributed by atoms with E-state index in [4.69, 9.17) is 9.26 Å². The number of benzene rings is 2. The van der Waals surface area contributed by atoms with Gasteiger partial charge in [-0.1, -0.05) is 46.3 Å². The molecule has 1 saturated heterocycles. The van der Waals surface area contributed by atoms with Gasteiger partial charge in [0.25, 0.3) is 0 Å². The van der Waals surface area contributed by atoms with Gasteiger partial charge in [0.2, 0.25) is 0 Å². The Bertz CT molecular complexity index is 955. The van der Waals surface area contributed by atoms with E-state index in [9.17, 15) is 9.36 Å². The quantitative estimate of drug-likeness (QED) is 0.447. The molecule has 2 aromatic carbocycles. The topological polar surface area (TPSA) is 59.1 Å². The first-order valence-corrected chi connectivity index (χ1v) is 12.0. The number of hydrogen-bond donors (Lipinski definition) is 0. The average molecular weight is 479 g/mol. The summed E-state index contributed by atoms with van der Waals surface area (Å²) in [5, 5.41) is 0. The second-order valence-electron chi connectivity index (χ2n) is 7.36. The molecular formula is C21H24BrN2O4P. The van der Waals surface area contributed by atoms with Crippen LogP contribution in [0.3, 0.4) is 0 Å². The number of rotatable bonds is 4. The first kappa shape index (κ1) is 20.6. The summed E-state index contributed by atoms with van der Waals surface area (Å²) in [6.07, 6.45) is 1.38. The zero-order chi connectivity index (χ0) is 20.6. The van der Waals surface area contributed by atoms with Crippen LogP contribution >= 0.6 is 23.6 Å². The van der Waals surface area contributed by atoms with Crippen molar-refractivity contribution in [2.45, 2.75) is 38.4 Å². The third kappa shape index (κ3) is 3.77. The highest BCUT2D eigenvalue weighted by atomic mass is 79.9. The second-order valence-corrected chi connectivity index (χ2v) is 10.5. The number of methoxy groups -OCH3 is 1. The molecule has 0 spiro atoms. The molecule has 2 aliphatic heterocycles. The first-order valence-electron chi connectivity index (χ1n) is 9.69. The SMILES string of the molecule is COC(=O)[C@@H]1CCCN1P1(=O)Oc2ccc(Br)cc2CN1C(C)c1ccccc1.